The molecule has 6 rings (SSSR count). The third-order valence-corrected chi connectivity index (χ3v) is 9.46. The van der Waals surface area contributed by atoms with Crippen LogP contribution in [0.3, 0.4) is 0 Å². The summed E-state index contributed by atoms with van der Waals surface area (Å²) in [5.41, 5.74) is 3.29. The van der Waals surface area contributed by atoms with Gasteiger partial charge in [0.2, 0.25) is 5.43 Å². The monoisotopic (exact) mass is 492 g/mol. The van der Waals surface area contributed by atoms with Crippen LogP contribution in [0.25, 0.3) is 0 Å². The van der Waals surface area contributed by atoms with E-state index >= 15 is 0 Å². The quantitative estimate of drug-likeness (QED) is 0.710. The third-order valence-electron chi connectivity index (χ3n) is 9.46. The highest BCUT2D eigenvalue weighted by molar-refractivity contribution is 5.30. The Hall–Kier alpha value is -2.38. The van der Waals surface area contributed by atoms with Crippen LogP contribution < -0.4 is 11.0 Å². The Bertz CT molecular complexity index is 1310. The van der Waals surface area contributed by atoms with E-state index in [4.69, 9.17) is 0 Å². The molecule has 2 saturated heterocycles. The first-order chi connectivity index (χ1) is 17.0. The Morgan fingerprint density at radius 3 is 2.67 bits per heavy atom. The number of aromatic hydroxyl groups is 1. The van der Waals surface area contributed by atoms with Gasteiger partial charge in [0.05, 0.1) is 5.69 Å². The number of fused-ring (bicyclic) bond motifs is 6. The van der Waals surface area contributed by atoms with Gasteiger partial charge in [0.1, 0.15) is 0 Å². The lowest BCUT2D eigenvalue weighted by Crippen LogP contribution is -2.47. The molecule has 0 amide bonds. The summed E-state index contributed by atoms with van der Waals surface area (Å²) in [5.74, 6) is 0.682. The maximum Gasteiger partial charge on any atom is 0.250 e. The molecule has 4 aliphatic rings. The highest BCUT2D eigenvalue weighted by atomic mass is 16.3. The zero-order valence-corrected chi connectivity index (χ0v) is 22.2. The second kappa shape index (κ2) is 8.32. The summed E-state index contributed by atoms with van der Waals surface area (Å²) in [7, 11) is 2.00. The SMILES string of the molecule is Cn1c(CN2C[C@H]3C[C@@H](C2)c2cccc(=O)n2C3)cc(=O)c(O)c1CN1C[C@@]2(C)C[C@H]1CC(C)(C)C2. The Kier molecular flexibility index (Phi) is 5.54. The molecule has 4 bridgehead atoms. The smallest absolute Gasteiger partial charge is 0.250 e. The molecule has 0 aromatic carbocycles. The van der Waals surface area contributed by atoms with Crippen molar-refractivity contribution in [1.82, 2.24) is 18.9 Å². The van der Waals surface area contributed by atoms with Crippen molar-refractivity contribution < 1.29 is 5.11 Å². The zero-order valence-electron chi connectivity index (χ0n) is 22.2. The molecule has 0 spiro atoms. The molecule has 7 heteroatoms. The van der Waals surface area contributed by atoms with Crippen LogP contribution >= 0.6 is 0 Å². The lowest BCUT2D eigenvalue weighted by Gasteiger charge is -2.43. The van der Waals surface area contributed by atoms with Crippen LogP contribution in [0.4, 0.5) is 0 Å². The average molecular weight is 493 g/mol. The number of rotatable bonds is 4. The number of aromatic nitrogens is 2. The maximum absolute atomic E-state index is 12.9. The lowest BCUT2D eigenvalue weighted by atomic mass is 9.65. The first-order valence-corrected chi connectivity index (χ1v) is 13.6. The van der Waals surface area contributed by atoms with E-state index in [-0.39, 0.29) is 16.7 Å². The van der Waals surface area contributed by atoms with Gasteiger partial charge in [-0.25, -0.2) is 0 Å². The summed E-state index contributed by atoms with van der Waals surface area (Å²) in [6.45, 7) is 12.0. The van der Waals surface area contributed by atoms with Crippen molar-refractivity contribution in [2.75, 3.05) is 19.6 Å². The van der Waals surface area contributed by atoms with Gasteiger partial charge in [0.25, 0.3) is 5.56 Å². The second-order valence-corrected chi connectivity index (χ2v) is 13.4. The van der Waals surface area contributed by atoms with Gasteiger partial charge < -0.3 is 14.2 Å². The first kappa shape index (κ1) is 24.0. The molecule has 2 aromatic rings. The summed E-state index contributed by atoms with van der Waals surface area (Å²) in [4.78, 5) is 30.2. The van der Waals surface area contributed by atoms with E-state index in [0.717, 1.165) is 56.1 Å². The Balaban J connectivity index is 1.24. The summed E-state index contributed by atoms with van der Waals surface area (Å²) < 4.78 is 4.02. The predicted octanol–water partition coefficient (Wildman–Crippen LogP) is 3.27. The zero-order chi connectivity index (χ0) is 25.4. The molecule has 3 fully saturated rings. The van der Waals surface area contributed by atoms with E-state index in [1.54, 1.807) is 12.1 Å². The fraction of sp³-hybridized carbons (Fsp3) is 0.655. The van der Waals surface area contributed by atoms with E-state index < -0.39 is 0 Å². The van der Waals surface area contributed by atoms with Crippen molar-refractivity contribution in [3.05, 3.63) is 61.9 Å². The Morgan fingerprint density at radius 1 is 1.06 bits per heavy atom. The Morgan fingerprint density at radius 2 is 1.86 bits per heavy atom. The molecule has 0 radical (unpaired) electrons. The molecule has 3 aliphatic heterocycles. The molecule has 1 N–H and O–H groups in total. The number of piperidine rings is 1. The van der Waals surface area contributed by atoms with Crippen LogP contribution in [0, 0.1) is 16.7 Å². The molecule has 2 aromatic heterocycles. The van der Waals surface area contributed by atoms with Gasteiger partial charge in [-0.05, 0) is 48.5 Å². The van der Waals surface area contributed by atoms with Crippen LogP contribution in [0.5, 0.6) is 5.75 Å². The maximum atomic E-state index is 12.9. The standard InChI is InChI=1S/C29H40N4O3/c1-28(2)10-22-11-29(3,17-28)18-32(22)16-24-27(36)25(34)9-21(30(24)4)15-31-12-19-8-20(14-31)23-6-5-7-26(35)33(23)13-19/h5-7,9,19-20,22,36H,8,10-18H2,1-4H3/t19-,20+,22-,29+/m1/s1. The Labute approximate surface area is 213 Å². The number of nitrogens with zero attached hydrogens (tertiary/aromatic N) is 4. The number of likely N-dealkylation sites (tertiary alicyclic amines) is 2. The van der Waals surface area contributed by atoms with Crippen molar-refractivity contribution in [1.29, 1.82) is 0 Å². The van der Waals surface area contributed by atoms with Gasteiger partial charge in [-0.3, -0.25) is 19.4 Å². The van der Waals surface area contributed by atoms with Crippen LogP contribution in [-0.2, 0) is 26.7 Å². The van der Waals surface area contributed by atoms with Crippen LogP contribution in [0.1, 0.15) is 69.5 Å². The molecule has 1 saturated carbocycles. The van der Waals surface area contributed by atoms with Gasteiger partial charge in [0, 0.05) is 81.8 Å². The summed E-state index contributed by atoms with van der Waals surface area (Å²) >= 11 is 0. The van der Waals surface area contributed by atoms with Crippen molar-refractivity contribution in [3.63, 3.8) is 0 Å². The first-order valence-electron chi connectivity index (χ1n) is 13.6. The van der Waals surface area contributed by atoms with Gasteiger partial charge in [0.15, 0.2) is 5.75 Å². The molecule has 36 heavy (non-hydrogen) atoms. The van der Waals surface area contributed by atoms with Gasteiger partial charge in [-0.1, -0.05) is 26.8 Å². The molecule has 194 valence electrons. The minimum atomic E-state index is -0.277. The molecule has 7 nitrogen and oxygen atoms in total. The predicted molar refractivity (Wildman–Crippen MR) is 140 cm³/mol. The molecule has 0 unspecified atom stereocenters. The van der Waals surface area contributed by atoms with Gasteiger partial charge >= 0.3 is 0 Å². The largest absolute Gasteiger partial charge is 0.503 e. The number of hydrogen-bond donors (Lipinski definition) is 1. The van der Waals surface area contributed by atoms with Crippen LogP contribution in [0.15, 0.2) is 33.9 Å². The van der Waals surface area contributed by atoms with E-state index in [9.17, 15) is 14.7 Å². The highest BCUT2D eigenvalue weighted by Gasteiger charge is 2.49. The van der Waals surface area contributed by atoms with Crippen molar-refractivity contribution in [3.8, 4) is 5.75 Å². The fourth-order valence-electron chi connectivity index (χ4n) is 8.43. The number of hydrogen-bond acceptors (Lipinski definition) is 5. The van der Waals surface area contributed by atoms with Gasteiger partial charge in [-0.15, -0.1) is 0 Å². The lowest BCUT2D eigenvalue weighted by molar-refractivity contribution is 0.111. The van der Waals surface area contributed by atoms with Crippen molar-refractivity contribution in [2.45, 2.75) is 78.0 Å². The molecule has 5 heterocycles. The van der Waals surface area contributed by atoms with Crippen LogP contribution in [0.2, 0.25) is 0 Å². The van der Waals surface area contributed by atoms with E-state index in [1.165, 1.54) is 12.8 Å². The molecule has 1 aliphatic carbocycles. The molecule has 4 atom stereocenters. The average Bonchev–Trinajstić information content (AvgIpc) is 3.03. The normalized spacial score (nSPS) is 31.4. The summed E-state index contributed by atoms with van der Waals surface area (Å²) in [6.07, 6.45) is 4.71. The van der Waals surface area contributed by atoms with Crippen LogP contribution in [-0.4, -0.2) is 49.7 Å². The topological polar surface area (TPSA) is 70.7 Å². The second-order valence-electron chi connectivity index (χ2n) is 13.4. The highest BCUT2D eigenvalue weighted by Crippen LogP contribution is 2.52. The van der Waals surface area contributed by atoms with Crippen molar-refractivity contribution >= 4 is 0 Å². The summed E-state index contributed by atoms with van der Waals surface area (Å²) in [5, 5.41) is 10.8. The van der Waals surface area contributed by atoms with E-state index in [2.05, 4.69) is 41.2 Å². The minimum Gasteiger partial charge on any atom is -0.503 e. The molecular weight excluding hydrogens is 452 g/mol. The number of pyridine rings is 2. The van der Waals surface area contributed by atoms with Crippen molar-refractivity contribution in [2.24, 2.45) is 23.8 Å². The molecular formula is C29H40N4O3. The third kappa shape index (κ3) is 4.14. The minimum absolute atomic E-state index is 0.101. The van der Waals surface area contributed by atoms with E-state index in [1.807, 2.05) is 17.7 Å². The van der Waals surface area contributed by atoms with Gasteiger partial charge in [-0.2, -0.15) is 0 Å². The summed E-state index contributed by atoms with van der Waals surface area (Å²) in [6, 6.07) is 7.74. The fourth-order valence-corrected chi connectivity index (χ4v) is 8.43. The van der Waals surface area contributed by atoms with E-state index in [0.29, 0.717) is 41.8 Å².